The van der Waals surface area contributed by atoms with Crippen LogP contribution in [0.2, 0.25) is 0 Å². The number of epoxide rings is 1. The van der Waals surface area contributed by atoms with E-state index in [0.29, 0.717) is 55.9 Å². The van der Waals surface area contributed by atoms with Crippen molar-refractivity contribution in [3.63, 3.8) is 0 Å². The number of fused-ring (bicyclic) bond motifs is 3. The summed E-state index contributed by atoms with van der Waals surface area (Å²) in [5, 5.41) is 13.1. The molecule has 262 valence electrons. The van der Waals surface area contributed by atoms with Crippen LogP contribution < -0.4 is 5.32 Å². The Morgan fingerprint density at radius 1 is 1.09 bits per heavy atom. The van der Waals surface area contributed by atoms with E-state index in [1.54, 1.807) is 12.2 Å². The minimum atomic E-state index is -1.07. The van der Waals surface area contributed by atoms with Crippen molar-refractivity contribution < 1.29 is 47.6 Å². The monoisotopic (exact) mass is 660 g/mol. The van der Waals surface area contributed by atoms with Gasteiger partial charge < -0.3 is 28.5 Å². The number of carbonyl (C=O) groups excluding carboxylic acids is 4. The van der Waals surface area contributed by atoms with Crippen LogP contribution in [0.5, 0.6) is 0 Å². The van der Waals surface area contributed by atoms with Crippen molar-refractivity contribution in [1.29, 1.82) is 0 Å². The second-order valence-corrected chi connectivity index (χ2v) is 12.6. The summed E-state index contributed by atoms with van der Waals surface area (Å²) in [6, 6.07) is 0. The summed E-state index contributed by atoms with van der Waals surface area (Å²) in [5.41, 5.74) is 0.670. The topological polar surface area (TPSA) is 167 Å². The average Bonchev–Trinajstić information content (AvgIpc) is 3.69. The molecule has 2 aliphatic rings. The maximum Gasteiger partial charge on any atom is 0.414 e. The standard InChI is InChI=1S/C35H52N2O10/c1-5-6-7-8-9-16-31(40)43-20-13-12-14-26(39)22-29-34(47-35(42)36-25(4)38)33-28(46-33)19-18-23(2)21-30-37-27(24(3)44-30)15-10-11-17-32(41)45-29/h10-11,15,17,23,26,28-29,33-34,39H,5-9,12-14,16,18-22H2,1-4H3,(H,36,38,42)/b15-10+,17-11-. The number of hydrogen-bond donors (Lipinski definition) is 2. The minimum Gasteiger partial charge on any atom is -0.466 e. The number of cyclic esters (lactones) is 1. The fraction of sp³-hybridized carbons (Fsp3) is 0.686. The Hall–Kier alpha value is -3.51. The second-order valence-electron chi connectivity index (χ2n) is 12.6. The number of rotatable bonds is 14. The summed E-state index contributed by atoms with van der Waals surface area (Å²) in [4.78, 5) is 53.6. The Labute approximate surface area is 277 Å². The van der Waals surface area contributed by atoms with Crippen molar-refractivity contribution in [3.8, 4) is 0 Å². The number of aliphatic hydroxyl groups excluding tert-OH is 1. The summed E-state index contributed by atoms with van der Waals surface area (Å²) in [6.07, 6.45) is 10.4. The first-order valence-corrected chi connectivity index (χ1v) is 17.0. The molecule has 1 aromatic rings. The zero-order chi connectivity index (χ0) is 34.2. The van der Waals surface area contributed by atoms with Crippen LogP contribution in [0.1, 0.15) is 115 Å². The molecule has 2 N–H and O–H groups in total. The molecule has 6 unspecified atom stereocenters. The number of nitrogens with zero attached hydrogens (tertiary/aromatic N) is 1. The summed E-state index contributed by atoms with van der Waals surface area (Å²) in [7, 11) is 0. The van der Waals surface area contributed by atoms with Crippen LogP contribution in [0, 0.1) is 12.8 Å². The van der Waals surface area contributed by atoms with Gasteiger partial charge in [-0.2, -0.15) is 0 Å². The molecule has 2 amide bonds. The van der Waals surface area contributed by atoms with E-state index in [4.69, 9.17) is 23.4 Å². The van der Waals surface area contributed by atoms with Gasteiger partial charge in [0.15, 0.2) is 12.0 Å². The van der Waals surface area contributed by atoms with Crippen LogP contribution in [0.3, 0.4) is 0 Å². The van der Waals surface area contributed by atoms with Gasteiger partial charge in [0.05, 0.1) is 18.8 Å². The summed E-state index contributed by atoms with van der Waals surface area (Å²) in [5.74, 6) is 0.0129. The molecule has 2 aliphatic heterocycles. The zero-order valence-corrected chi connectivity index (χ0v) is 28.2. The third-order valence-electron chi connectivity index (χ3n) is 8.23. The Bertz CT molecular complexity index is 1220. The number of ether oxygens (including phenoxy) is 4. The van der Waals surface area contributed by atoms with E-state index in [-0.39, 0.29) is 31.0 Å². The van der Waals surface area contributed by atoms with Crippen LogP contribution in [0.15, 0.2) is 22.6 Å². The molecule has 0 aliphatic carbocycles. The quantitative estimate of drug-likeness (QED) is 0.109. The van der Waals surface area contributed by atoms with E-state index in [1.807, 2.05) is 6.92 Å². The van der Waals surface area contributed by atoms with Crippen molar-refractivity contribution in [2.24, 2.45) is 5.92 Å². The van der Waals surface area contributed by atoms with Crippen LogP contribution >= 0.6 is 0 Å². The van der Waals surface area contributed by atoms with Gasteiger partial charge in [0.1, 0.15) is 23.7 Å². The summed E-state index contributed by atoms with van der Waals surface area (Å²) < 4.78 is 28.5. The number of unbranched alkanes of at least 4 members (excludes halogenated alkanes) is 5. The molecule has 0 radical (unpaired) electrons. The first-order valence-electron chi connectivity index (χ1n) is 17.0. The van der Waals surface area contributed by atoms with Gasteiger partial charge in [-0.1, -0.05) is 51.7 Å². The van der Waals surface area contributed by atoms with Crippen LogP contribution in [0.25, 0.3) is 6.08 Å². The Balaban J connectivity index is 1.64. The molecule has 47 heavy (non-hydrogen) atoms. The fourth-order valence-corrected chi connectivity index (χ4v) is 5.60. The molecule has 2 bridgehead atoms. The molecular formula is C35H52N2O10. The van der Waals surface area contributed by atoms with E-state index < -0.39 is 42.4 Å². The Kier molecular flexibility index (Phi) is 16.1. The van der Waals surface area contributed by atoms with Crippen molar-refractivity contribution in [3.05, 3.63) is 35.6 Å². The van der Waals surface area contributed by atoms with Crippen LogP contribution in [0.4, 0.5) is 4.79 Å². The molecule has 12 nitrogen and oxygen atoms in total. The highest BCUT2D eigenvalue weighted by Gasteiger charge is 2.51. The van der Waals surface area contributed by atoms with Gasteiger partial charge in [-0.15, -0.1) is 0 Å². The van der Waals surface area contributed by atoms with Crippen LogP contribution in [-0.2, 0) is 39.8 Å². The lowest BCUT2D eigenvalue weighted by molar-refractivity contribution is -0.152. The van der Waals surface area contributed by atoms with E-state index in [0.717, 1.165) is 32.1 Å². The molecule has 0 saturated carbocycles. The molecule has 3 heterocycles. The van der Waals surface area contributed by atoms with E-state index in [2.05, 4.69) is 24.1 Å². The summed E-state index contributed by atoms with van der Waals surface area (Å²) in [6.45, 7) is 7.52. The van der Waals surface area contributed by atoms with E-state index in [1.165, 1.54) is 25.5 Å². The third-order valence-corrected chi connectivity index (χ3v) is 8.23. The second kappa shape index (κ2) is 20.0. The van der Waals surface area contributed by atoms with Gasteiger partial charge in [-0.3, -0.25) is 14.9 Å². The number of aromatic nitrogens is 1. The molecule has 12 heteroatoms. The predicted octanol–water partition coefficient (Wildman–Crippen LogP) is 5.67. The molecule has 1 aromatic heterocycles. The van der Waals surface area contributed by atoms with Gasteiger partial charge in [0, 0.05) is 32.3 Å². The molecule has 1 saturated heterocycles. The van der Waals surface area contributed by atoms with Crippen molar-refractivity contribution in [2.45, 2.75) is 142 Å². The molecular weight excluding hydrogens is 608 g/mol. The highest BCUT2D eigenvalue weighted by molar-refractivity contribution is 5.90. The van der Waals surface area contributed by atoms with Crippen molar-refractivity contribution in [1.82, 2.24) is 10.3 Å². The average molecular weight is 661 g/mol. The van der Waals surface area contributed by atoms with Crippen molar-refractivity contribution >= 4 is 30.0 Å². The number of imide groups is 1. The van der Waals surface area contributed by atoms with E-state index >= 15 is 0 Å². The number of allylic oxidation sites excluding steroid dienone is 2. The molecule has 1 fully saturated rings. The van der Waals surface area contributed by atoms with Crippen LogP contribution in [-0.4, -0.2) is 71.2 Å². The number of nitrogens with one attached hydrogen (secondary N) is 1. The number of oxazole rings is 1. The first-order chi connectivity index (χ1) is 22.5. The smallest absolute Gasteiger partial charge is 0.414 e. The third kappa shape index (κ3) is 14.4. The number of aliphatic hydroxyl groups is 1. The molecule has 0 aromatic carbocycles. The Morgan fingerprint density at radius 2 is 1.85 bits per heavy atom. The van der Waals surface area contributed by atoms with Gasteiger partial charge in [-0.25, -0.2) is 14.6 Å². The number of hydrogen-bond acceptors (Lipinski definition) is 11. The zero-order valence-electron chi connectivity index (χ0n) is 28.2. The largest absolute Gasteiger partial charge is 0.466 e. The lowest BCUT2D eigenvalue weighted by Crippen LogP contribution is -2.44. The van der Waals surface area contributed by atoms with Gasteiger partial charge in [0.2, 0.25) is 5.91 Å². The number of carbonyl (C=O) groups is 4. The number of alkyl carbamates (subject to hydrolysis) is 1. The lowest BCUT2D eigenvalue weighted by Gasteiger charge is -2.27. The Morgan fingerprint density at radius 3 is 2.62 bits per heavy atom. The number of aryl methyl sites for hydroxylation is 1. The van der Waals surface area contributed by atoms with Gasteiger partial charge in [0.25, 0.3) is 0 Å². The minimum absolute atomic E-state index is 0.0331. The first kappa shape index (κ1) is 37.9. The molecule has 3 rings (SSSR count). The summed E-state index contributed by atoms with van der Waals surface area (Å²) >= 11 is 0. The maximum atomic E-state index is 12.9. The van der Waals surface area contributed by atoms with Gasteiger partial charge in [-0.05, 0) is 57.4 Å². The number of esters is 2. The highest BCUT2D eigenvalue weighted by Crippen LogP contribution is 2.36. The normalized spacial score (nSPS) is 25.0. The van der Waals surface area contributed by atoms with Gasteiger partial charge >= 0.3 is 18.0 Å². The van der Waals surface area contributed by atoms with Crippen molar-refractivity contribution in [2.75, 3.05) is 6.61 Å². The highest BCUT2D eigenvalue weighted by atomic mass is 16.7. The lowest BCUT2D eigenvalue weighted by atomic mass is 9.95. The fourth-order valence-electron chi connectivity index (χ4n) is 5.60. The molecule has 6 atom stereocenters. The predicted molar refractivity (Wildman–Crippen MR) is 173 cm³/mol. The van der Waals surface area contributed by atoms with E-state index in [9.17, 15) is 24.3 Å². The maximum absolute atomic E-state index is 12.9. The number of amides is 2. The SMILES string of the molecule is CCCCCCCC(=O)OCCCCC(O)CC1OC(=O)/C=C\C=C\c2nc(oc2C)CC(C)CCC2OC2C1OC(=O)NC(C)=O. The molecule has 0 spiro atoms.